The first-order valence-electron chi connectivity index (χ1n) is 11.7. The summed E-state index contributed by atoms with van der Waals surface area (Å²) in [5, 5.41) is 15.5. The van der Waals surface area contributed by atoms with E-state index < -0.39 is 41.5 Å². The number of benzene rings is 3. The number of nitrogens with zero attached hydrogens (tertiary/aromatic N) is 2. The molecule has 1 aliphatic rings. The molecule has 3 aromatic carbocycles. The van der Waals surface area contributed by atoms with Gasteiger partial charge in [0.15, 0.2) is 0 Å². The van der Waals surface area contributed by atoms with E-state index in [-0.39, 0.29) is 29.7 Å². The van der Waals surface area contributed by atoms with Gasteiger partial charge in [-0.15, -0.1) is 0 Å². The summed E-state index contributed by atoms with van der Waals surface area (Å²) in [4.78, 5) is 40.3. The fourth-order valence-electron chi connectivity index (χ4n) is 4.65. The predicted octanol–water partition coefficient (Wildman–Crippen LogP) is 5.67. The molecule has 38 heavy (non-hydrogen) atoms. The van der Waals surface area contributed by atoms with E-state index in [1.54, 1.807) is 30.3 Å². The average Bonchev–Trinajstić information content (AvgIpc) is 3.32. The summed E-state index contributed by atoms with van der Waals surface area (Å²) < 4.78 is 28.6. The van der Waals surface area contributed by atoms with Gasteiger partial charge in [-0.3, -0.25) is 14.4 Å². The Bertz CT molecular complexity index is 1670. The Morgan fingerprint density at radius 1 is 1.00 bits per heavy atom. The molecule has 0 spiro atoms. The third-order valence-corrected chi connectivity index (χ3v) is 6.60. The molecular weight excluding hydrogens is 516 g/mol. The maximum atomic E-state index is 14.3. The van der Waals surface area contributed by atoms with Crippen molar-refractivity contribution in [2.24, 2.45) is 5.10 Å². The van der Waals surface area contributed by atoms with Crippen molar-refractivity contribution in [3.63, 3.8) is 0 Å². The molecule has 0 saturated heterocycles. The van der Waals surface area contributed by atoms with Crippen molar-refractivity contribution in [2.45, 2.75) is 25.3 Å². The molecule has 2 heterocycles. The Morgan fingerprint density at radius 2 is 1.74 bits per heavy atom. The molecule has 0 aliphatic carbocycles. The summed E-state index contributed by atoms with van der Waals surface area (Å²) in [6, 6.07) is 15.6. The minimum absolute atomic E-state index is 0.0706. The summed E-state index contributed by atoms with van der Waals surface area (Å²) in [6.07, 6.45) is -0.586. The first-order chi connectivity index (χ1) is 18.2. The monoisotopic (exact) mass is 535 g/mol. The van der Waals surface area contributed by atoms with Crippen molar-refractivity contribution >= 4 is 40.1 Å². The lowest BCUT2D eigenvalue weighted by Gasteiger charge is -2.22. The Hall–Kier alpha value is -4.37. The number of carbonyl (C=O) groups excluding carboxylic acids is 1. The highest BCUT2D eigenvalue weighted by molar-refractivity contribution is 6.30. The standard InChI is InChI=1S/C28H20ClF2N3O4/c29-17-6-4-15(5-7-17)23-14-22(33-34(23)24(35)10-11-25(36)37)27-26(16-2-1-3-18(30)12-16)20-13-19(31)8-9-21(20)32-28(27)38/h1-9,12-13,23H,10-11,14H2,(H,32,38)(H,36,37). The Labute approximate surface area is 220 Å². The number of hydrazone groups is 1. The summed E-state index contributed by atoms with van der Waals surface area (Å²) in [5.74, 6) is -2.77. The van der Waals surface area contributed by atoms with Crippen LogP contribution in [0.3, 0.4) is 0 Å². The zero-order valence-corrected chi connectivity index (χ0v) is 20.5. The van der Waals surface area contributed by atoms with Gasteiger partial charge in [0.1, 0.15) is 11.6 Å². The predicted molar refractivity (Wildman–Crippen MR) is 139 cm³/mol. The molecule has 1 amide bonds. The second-order valence-electron chi connectivity index (χ2n) is 8.85. The van der Waals surface area contributed by atoms with Crippen molar-refractivity contribution < 1.29 is 23.5 Å². The van der Waals surface area contributed by atoms with Gasteiger partial charge in [-0.25, -0.2) is 13.8 Å². The zero-order valence-electron chi connectivity index (χ0n) is 19.7. The first-order valence-corrected chi connectivity index (χ1v) is 12.1. The van der Waals surface area contributed by atoms with Crippen molar-refractivity contribution in [3.05, 3.63) is 105 Å². The number of fused-ring (bicyclic) bond motifs is 1. The number of aromatic nitrogens is 1. The normalized spacial score (nSPS) is 15.1. The minimum Gasteiger partial charge on any atom is -0.481 e. The van der Waals surface area contributed by atoms with E-state index in [0.717, 1.165) is 0 Å². The molecule has 0 fully saturated rings. The molecule has 2 N–H and O–H groups in total. The van der Waals surface area contributed by atoms with Gasteiger partial charge >= 0.3 is 5.97 Å². The SMILES string of the molecule is O=C(O)CCC(=O)N1N=C(c2c(-c3cccc(F)c3)c3cc(F)ccc3[nH]c2=O)CC1c1ccc(Cl)cc1. The summed E-state index contributed by atoms with van der Waals surface area (Å²) in [5.41, 5.74) is 1.38. The van der Waals surface area contributed by atoms with Gasteiger partial charge in [0.25, 0.3) is 5.56 Å². The van der Waals surface area contributed by atoms with E-state index in [9.17, 15) is 23.2 Å². The topological polar surface area (TPSA) is 103 Å². The molecule has 0 radical (unpaired) electrons. The van der Waals surface area contributed by atoms with Crippen LogP contribution in [0.1, 0.15) is 36.4 Å². The maximum Gasteiger partial charge on any atom is 0.303 e. The number of carbonyl (C=O) groups is 2. The molecule has 1 unspecified atom stereocenters. The quantitative estimate of drug-likeness (QED) is 0.332. The number of rotatable bonds is 6. The van der Waals surface area contributed by atoms with Crippen molar-refractivity contribution in [1.82, 2.24) is 9.99 Å². The number of carboxylic acids is 1. The maximum absolute atomic E-state index is 14.3. The molecule has 1 aromatic heterocycles. The minimum atomic E-state index is -1.13. The number of hydrogen-bond donors (Lipinski definition) is 2. The van der Waals surface area contributed by atoms with Crippen LogP contribution in [0.15, 0.2) is 76.6 Å². The van der Waals surface area contributed by atoms with Gasteiger partial charge in [-0.2, -0.15) is 5.10 Å². The second kappa shape index (κ2) is 10.2. The van der Waals surface area contributed by atoms with Crippen LogP contribution in [0.25, 0.3) is 22.0 Å². The van der Waals surface area contributed by atoms with Gasteiger partial charge in [0.2, 0.25) is 5.91 Å². The number of amides is 1. The number of aromatic amines is 1. The molecule has 192 valence electrons. The fraction of sp³-hybridized carbons (Fsp3) is 0.143. The number of nitrogens with one attached hydrogen (secondary N) is 1. The van der Waals surface area contributed by atoms with Gasteiger partial charge in [-0.1, -0.05) is 35.9 Å². The van der Waals surface area contributed by atoms with Crippen LogP contribution in [-0.2, 0) is 9.59 Å². The number of aliphatic carboxylic acids is 1. The average molecular weight is 536 g/mol. The van der Waals surface area contributed by atoms with E-state index in [0.29, 0.717) is 27.1 Å². The molecule has 5 rings (SSSR count). The highest BCUT2D eigenvalue weighted by atomic mass is 35.5. The number of H-pyrrole nitrogens is 1. The Morgan fingerprint density at radius 3 is 2.45 bits per heavy atom. The smallest absolute Gasteiger partial charge is 0.303 e. The molecular formula is C28H20ClF2N3O4. The molecule has 1 atom stereocenters. The third kappa shape index (κ3) is 4.92. The number of halogens is 3. The van der Waals surface area contributed by atoms with Crippen molar-refractivity contribution in [2.75, 3.05) is 0 Å². The van der Waals surface area contributed by atoms with Crippen molar-refractivity contribution in [3.8, 4) is 11.1 Å². The number of hydrogen-bond acceptors (Lipinski definition) is 4. The molecule has 4 aromatic rings. The van der Waals surface area contributed by atoms with E-state index in [2.05, 4.69) is 10.1 Å². The summed E-state index contributed by atoms with van der Waals surface area (Å²) in [7, 11) is 0. The lowest BCUT2D eigenvalue weighted by Crippen LogP contribution is -2.27. The van der Waals surface area contributed by atoms with Crippen LogP contribution in [0, 0.1) is 11.6 Å². The third-order valence-electron chi connectivity index (χ3n) is 6.35. The van der Waals surface area contributed by atoms with Crippen LogP contribution >= 0.6 is 11.6 Å². The van der Waals surface area contributed by atoms with E-state index >= 15 is 0 Å². The molecule has 10 heteroatoms. The van der Waals surface area contributed by atoms with Crippen molar-refractivity contribution in [1.29, 1.82) is 0 Å². The molecule has 7 nitrogen and oxygen atoms in total. The number of pyridine rings is 1. The van der Waals surface area contributed by atoms with E-state index in [4.69, 9.17) is 16.7 Å². The molecule has 0 saturated carbocycles. The summed E-state index contributed by atoms with van der Waals surface area (Å²) in [6.45, 7) is 0. The van der Waals surface area contributed by atoms with Crippen LogP contribution in [0.4, 0.5) is 8.78 Å². The number of carboxylic acid groups (broad SMARTS) is 1. The highest BCUT2D eigenvalue weighted by Crippen LogP contribution is 2.37. The van der Waals surface area contributed by atoms with Crippen LogP contribution in [0.2, 0.25) is 5.02 Å². The lowest BCUT2D eigenvalue weighted by molar-refractivity contribution is -0.141. The second-order valence-corrected chi connectivity index (χ2v) is 9.29. The van der Waals surface area contributed by atoms with E-state index in [1.165, 1.54) is 41.4 Å². The van der Waals surface area contributed by atoms with Crippen LogP contribution in [-0.4, -0.2) is 32.7 Å². The van der Waals surface area contributed by atoms with Crippen LogP contribution < -0.4 is 5.56 Å². The Balaban J connectivity index is 1.71. The van der Waals surface area contributed by atoms with Gasteiger partial charge in [-0.05, 0) is 53.6 Å². The molecule has 0 bridgehead atoms. The lowest BCUT2D eigenvalue weighted by atomic mass is 9.91. The zero-order chi connectivity index (χ0) is 27.0. The Kier molecular flexibility index (Phi) is 6.77. The highest BCUT2D eigenvalue weighted by Gasteiger charge is 2.35. The van der Waals surface area contributed by atoms with Gasteiger partial charge in [0, 0.05) is 34.3 Å². The first kappa shape index (κ1) is 25.3. The van der Waals surface area contributed by atoms with Gasteiger partial charge in [0.05, 0.1) is 23.7 Å². The largest absolute Gasteiger partial charge is 0.481 e. The van der Waals surface area contributed by atoms with Gasteiger partial charge < -0.3 is 10.1 Å². The van der Waals surface area contributed by atoms with Crippen LogP contribution in [0.5, 0.6) is 0 Å². The van der Waals surface area contributed by atoms with E-state index in [1.807, 2.05) is 0 Å². The fourth-order valence-corrected chi connectivity index (χ4v) is 4.77. The molecule has 1 aliphatic heterocycles. The summed E-state index contributed by atoms with van der Waals surface area (Å²) >= 11 is 6.04.